The van der Waals surface area contributed by atoms with Gasteiger partial charge in [0.25, 0.3) is 0 Å². The number of aliphatic hydroxyl groups excluding tert-OH is 4. The van der Waals surface area contributed by atoms with Gasteiger partial charge in [-0.25, -0.2) is 0 Å². The SMILES string of the molecule is CC1=C(CC/C(C)=C\CO)[C@@]2(C)C[C@@H](O)C[C@@](C)(CO)[C@@H]2[C@@H](O)C1. The lowest BCUT2D eigenvalue weighted by Gasteiger charge is -2.58. The number of rotatable bonds is 5. The molecule has 4 nitrogen and oxygen atoms in total. The zero-order chi connectivity index (χ0) is 18.1. The van der Waals surface area contributed by atoms with Crippen molar-refractivity contribution in [3.05, 3.63) is 22.8 Å². The summed E-state index contributed by atoms with van der Waals surface area (Å²) < 4.78 is 0. The third-order valence-electron chi connectivity index (χ3n) is 6.47. The van der Waals surface area contributed by atoms with Crippen molar-refractivity contribution in [1.82, 2.24) is 0 Å². The van der Waals surface area contributed by atoms with Crippen molar-refractivity contribution in [2.75, 3.05) is 13.2 Å². The predicted octanol–water partition coefficient (Wildman–Crippen LogP) is 2.56. The Morgan fingerprint density at radius 3 is 2.46 bits per heavy atom. The Labute approximate surface area is 145 Å². The van der Waals surface area contributed by atoms with Crippen LogP contribution in [0.4, 0.5) is 0 Å². The molecule has 1 fully saturated rings. The third-order valence-corrected chi connectivity index (χ3v) is 6.47. The summed E-state index contributed by atoms with van der Waals surface area (Å²) in [6.45, 7) is 8.30. The molecule has 5 atom stereocenters. The van der Waals surface area contributed by atoms with Crippen LogP contribution in [0.2, 0.25) is 0 Å². The van der Waals surface area contributed by atoms with Crippen molar-refractivity contribution in [3.63, 3.8) is 0 Å². The standard InChI is InChI=1S/C20H34O4/c1-13(7-8-21)5-6-16-14(2)9-17(24)18-19(3,12-22)10-15(23)11-20(16,18)4/h7,15,17-18,21-24H,5-6,8-12H2,1-4H3/b13-7-/t15-,17-,18-,19-,20+/m0/s1. The molecule has 0 spiro atoms. The average Bonchev–Trinajstić information content (AvgIpc) is 2.45. The van der Waals surface area contributed by atoms with Gasteiger partial charge in [0.05, 0.1) is 18.8 Å². The average molecular weight is 338 g/mol. The molecule has 0 aromatic heterocycles. The molecule has 0 aromatic carbocycles. The third kappa shape index (κ3) is 3.48. The quantitative estimate of drug-likeness (QED) is 0.581. The van der Waals surface area contributed by atoms with Crippen LogP contribution >= 0.6 is 0 Å². The normalized spacial score (nSPS) is 40.7. The predicted molar refractivity (Wildman–Crippen MR) is 95.4 cm³/mol. The van der Waals surface area contributed by atoms with Gasteiger partial charge in [-0.1, -0.05) is 36.6 Å². The van der Waals surface area contributed by atoms with E-state index in [1.807, 2.05) is 19.9 Å². The molecule has 2 aliphatic carbocycles. The van der Waals surface area contributed by atoms with E-state index in [0.717, 1.165) is 18.4 Å². The Kier molecular flexibility index (Phi) is 5.96. The molecule has 0 bridgehead atoms. The first kappa shape index (κ1) is 19.6. The van der Waals surface area contributed by atoms with Gasteiger partial charge in [-0.3, -0.25) is 0 Å². The van der Waals surface area contributed by atoms with Gasteiger partial charge in [0.1, 0.15) is 0 Å². The first-order chi connectivity index (χ1) is 11.2. The van der Waals surface area contributed by atoms with Crippen molar-refractivity contribution in [3.8, 4) is 0 Å². The number of aliphatic hydroxyl groups is 4. The summed E-state index contributed by atoms with van der Waals surface area (Å²) in [6.07, 6.45) is 4.48. The summed E-state index contributed by atoms with van der Waals surface area (Å²) in [6, 6.07) is 0. The van der Waals surface area contributed by atoms with Crippen molar-refractivity contribution < 1.29 is 20.4 Å². The number of allylic oxidation sites excluding steroid dienone is 2. The van der Waals surface area contributed by atoms with Crippen LogP contribution in [0.5, 0.6) is 0 Å². The second-order valence-electron chi connectivity index (χ2n) is 8.53. The van der Waals surface area contributed by atoms with Crippen LogP contribution in [0, 0.1) is 16.7 Å². The fraction of sp³-hybridized carbons (Fsp3) is 0.800. The van der Waals surface area contributed by atoms with Gasteiger partial charge in [-0.2, -0.15) is 0 Å². The molecule has 0 amide bonds. The minimum Gasteiger partial charge on any atom is -0.396 e. The molecule has 138 valence electrons. The summed E-state index contributed by atoms with van der Waals surface area (Å²) in [5.74, 6) is -0.0424. The van der Waals surface area contributed by atoms with Gasteiger partial charge in [-0.15, -0.1) is 0 Å². The smallest absolute Gasteiger partial charge is 0.0619 e. The molecule has 0 radical (unpaired) electrons. The molecule has 0 unspecified atom stereocenters. The molecule has 1 saturated carbocycles. The van der Waals surface area contributed by atoms with Crippen LogP contribution in [0.25, 0.3) is 0 Å². The van der Waals surface area contributed by atoms with Crippen molar-refractivity contribution in [1.29, 1.82) is 0 Å². The maximum absolute atomic E-state index is 10.8. The maximum Gasteiger partial charge on any atom is 0.0619 e. The highest BCUT2D eigenvalue weighted by molar-refractivity contribution is 5.30. The molecule has 2 aliphatic rings. The molecule has 0 saturated heterocycles. The van der Waals surface area contributed by atoms with Crippen LogP contribution in [0.3, 0.4) is 0 Å². The molecule has 4 N–H and O–H groups in total. The van der Waals surface area contributed by atoms with Crippen molar-refractivity contribution >= 4 is 0 Å². The number of hydrogen-bond acceptors (Lipinski definition) is 4. The van der Waals surface area contributed by atoms with E-state index in [-0.39, 0.29) is 24.5 Å². The molecule has 4 heteroatoms. The summed E-state index contributed by atoms with van der Waals surface area (Å²) in [4.78, 5) is 0. The second-order valence-corrected chi connectivity index (χ2v) is 8.53. The summed E-state index contributed by atoms with van der Waals surface area (Å²) in [7, 11) is 0. The first-order valence-corrected chi connectivity index (χ1v) is 9.10. The highest BCUT2D eigenvalue weighted by Crippen LogP contribution is 2.60. The van der Waals surface area contributed by atoms with Gasteiger partial charge in [0.15, 0.2) is 0 Å². The molecular weight excluding hydrogens is 304 g/mol. The highest BCUT2D eigenvalue weighted by Gasteiger charge is 2.57. The van der Waals surface area contributed by atoms with Crippen LogP contribution in [0.15, 0.2) is 22.8 Å². The van der Waals surface area contributed by atoms with Crippen LogP contribution < -0.4 is 0 Å². The molecular formula is C20H34O4. The fourth-order valence-electron chi connectivity index (χ4n) is 5.61. The Balaban J connectivity index is 2.39. The van der Waals surface area contributed by atoms with E-state index < -0.39 is 17.6 Å². The second kappa shape index (κ2) is 7.28. The van der Waals surface area contributed by atoms with Crippen molar-refractivity contribution in [2.24, 2.45) is 16.7 Å². The van der Waals surface area contributed by atoms with Crippen LogP contribution in [0.1, 0.15) is 59.8 Å². The van der Waals surface area contributed by atoms with Crippen LogP contribution in [-0.4, -0.2) is 45.8 Å². The van der Waals surface area contributed by atoms with Gasteiger partial charge < -0.3 is 20.4 Å². The van der Waals surface area contributed by atoms with E-state index in [2.05, 4.69) is 13.8 Å². The van der Waals surface area contributed by atoms with E-state index in [1.54, 1.807) is 0 Å². The zero-order valence-electron chi connectivity index (χ0n) is 15.5. The summed E-state index contributed by atoms with van der Waals surface area (Å²) >= 11 is 0. The Bertz CT molecular complexity index is 524. The molecule has 0 heterocycles. The highest BCUT2D eigenvalue weighted by atomic mass is 16.3. The van der Waals surface area contributed by atoms with Crippen molar-refractivity contribution in [2.45, 2.75) is 72.0 Å². The zero-order valence-corrected chi connectivity index (χ0v) is 15.5. The van der Waals surface area contributed by atoms with Gasteiger partial charge in [0.2, 0.25) is 0 Å². The van der Waals surface area contributed by atoms with E-state index in [4.69, 9.17) is 5.11 Å². The lowest BCUT2D eigenvalue weighted by atomic mass is 9.48. The van der Waals surface area contributed by atoms with Gasteiger partial charge in [0, 0.05) is 12.5 Å². The summed E-state index contributed by atoms with van der Waals surface area (Å²) in [5.41, 5.74) is 2.93. The van der Waals surface area contributed by atoms with Gasteiger partial charge in [-0.05, 0) is 56.8 Å². The summed E-state index contributed by atoms with van der Waals surface area (Å²) in [5, 5.41) is 40.3. The number of fused-ring (bicyclic) bond motifs is 1. The van der Waals surface area contributed by atoms with E-state index in [1.165, 1.54) is 11.1 Å². The Morgan fingerprint density at radius 2 is 1.88 bits per heavy atom. The minimum atomic E-state index is -0.475. The molecule has 24 heavy (non-hydrogen) atoms. The van der Waals surface area contributed by atoms with E-state index >= 15 is 0 Å². The lowest BCUT2D eigenvalue weighted by Crippen LogP contribution is -2.57. The van der Waals surface area contributed by atoms with Crippen LogP contribution in [-0.2, 0) is 0 Å². The Hall–Kier alpha value is -0.680. The topological polar surface area (TPSA) is 80.9 Å². The first-order valence-electron chi connectivity index (χ1n) is 9.10. The Morgan fingerprint density at radius 1 is 1.21 bits per heavy atom. The molecule has 0 aromatic rings. The van der Waals surface area contributed by atoms with E-state index in [9.17, 15) is 15.3 Å². The van der Waals surface area contributed by atoms with Gasteiger partial charge >= 0.3 is 0 Å². The largest absolute Gasteiger partial charge is 0.396 e. The number of hydrogen-bond donors (Lipinski definition) is 4. The minimum absolute atomic E-state index is 0.0167. The van der Waals surface area contributed by atoms with E-state index in [0.29, 0.717) is 19.3 Å². The maximum atomic E-state index is 10.8. The monoisotopic (exact) mass is 338 g/mol. The molecule has 2 rings (SSSR count). The lowest BCUT2D eigenvalue weighted by molar-refractivity contribution is -0.136. The molecule has 0 aliphatic heterocycles. The fourth-order valence-corrected chi connectivity index (χ4v) is 5.61.